The van der Waals surface area contributed by atoms with Crippen LogP contribution >= 0.6 is 0 Å². The van der Waals surface area contributed by atoms with Crippen molar-refractivity contribution in [1.82, 2.24) is 10.6 Å². The molecule has 0 bridgehead atoms. The van der Waals surface area contributed by atoms with Gasteiger partial charge in [-0.15, -0.1) is 0 Å². The van der Waals surface area contributed by atoms with Gasteiger partial charge in [0.2, 0.25) is 5.91 Å². The molecule has 18 heavy (non-hydrogen) atoms. The fourth-order valence-electron chi connectivity index (χ4n) is 1.42. The van der Waals surface area contributed by atoms with Gasteiger partial charge in [0.1, 0.15) is 11.6 Å². The lowest BCUT2D eigenvalue weighted by molar-refractivity contribution is -0.126. The molecule has 0 heterocycles. The van der Waals surface area contributed by atoms with E-state index in [1.807, 2.05) is 0 Å². The molecular weight excluding hydrogens is 238 g/mol. The monoisotopic (exact) mass is 256 g/mol. The van der Waals surface area contributed by atoms with Crippen LogP contribution in [0, 0.1) is 11.6 Å². The third-order valence-corrected chi connectivity index (χ3v) is 2.97. The molecule has 0 aromatic heterocycles. The zero-order valence-corrected chi connectivity index (χ0v) is 11.0. The number of carbonyl (C=O) groups excluding carboxylic acids is 1. The maximum atomic E-state index is 13.5. The average molecular weight is 256 g/mol. The van der Waals surface area contributed by atoms with E-state index in [-0.39, 0.29) is 11.5 Å². The Balaban J connectivity index is 2.83. The lowest BCUT2D eigenvalue weighted by Gasteiger charge is -2.25. The van der Waals surface area contributed by atoms with E-state index >= 15 is 0 Å². The summed E-state index contributed by atoms with van der Waals surface area (Å²) in [6.07, 6.45) is 0. The molecule has 0 aliphatic heterocycles. The van der Waals surface area contributed by atoms with Gasteiger partial charge in [-0.2, -0.15) is 0 Å². The van der Waals surface area contributed by atoms with Crippen LogP contribution in [0.25, 0.3) is 0 Å². The van der Waals surface area contributed by atoms with Gasteiger partial charge >= 0.3 is 0 Å². The molecule has 1 rings (SSSR count). The summed E-state index contributed by atoms with van der Waals surface area (Å²) < 4.78 is 26.3. The molecule has 1 amide bonds. The van der Waals surface area contributed by atoms with Crippen molar-refractivity contribution in [3.05, 3.63) is 35.4 Å². The number of nitrogens with one attached hydrogen (secondary N) is 2. The van der Waals surface area contributed by atoms with Crippen LogP contribution < -0.4 is 10.6 Å². The second-order valence-electron chi connectivity index (χ2n) is 4.74. The molecule has 1 aromatic carbocycles. The van der Waals surface area contributed by atoms with Gasteiger partial charge in [0.05, 0.1) is 11.6 Å². The predicted octanol–water partition coefficient (Wildman–Crippen LogP) is 2.14. The van der Waals surface area contributed by atoms with Crippen molar-refractivity contribution < 1.29 is 13.6 Å². The minimum atomic E-state index is -0.745. The quantitative estimate of drug-likeness (QED) is 0.866. The average Bonchev–Trinajstić information content (AvgIpc) is 2.28. The maximum absolute atomic E-state index is 13.5. The van der Waals surface area contributed by atoms with Crippen LogP contribution in [0.5, 0.6) is 0 Å². The van der Waals surface area contributed by atoms with E-state index in [2.05, 4.69) is 10.6 Å². The van der Waals surface area contributed by atoms with E-state index in [4.69, 9.17) is 0 Å². The smallest absolute Gasteiger partial charge is 0.240 e. The zero-order valence-electron chi connectivity index (χ0n) is 11.0. The third kappa shape index (κ3) is 3.26. The number of rotatable bonds is 4. The van der Waals surface area contributed by atoms with Gasteiger partial charge in [0, 0.05) is 11.6 Å². The summed E-state index contributed by atoms with van der Waals surface area (Å²) in [7, 11) is 1.67. The van der Waals surface area contributed by atoms with Gasteiger partial charge in [0.15, 0.2) is 0 Å². The minimum Gasteiger partial charge on any atom is -0.348 e. The molecule has 0 spiro atoms. The molecule has 5 heteroatoms. The number of likely N-dealkylation sites (N-methyl/N-ethyl adjacent to an activating group) is 1. The van der Waals surface area contributed by atoms with Crippen molar-refractivity contribution in [3.63, 3.8) is 0 Å². The molecule has 0 saturated heterocycles. The standard InChI is InChI=1S/C13H18F2N2O/c1-8(17-12(18)13(2,3)16-4)10-6-5-9(14)7-11(10)15/h5-8,16H,1-4H3,(H,17,18). The normalized spacial score (nSPS) is 13.2. The summed E-state index contributed by atoms with van der Waals surface area (Å²) in [5.41, 5.74) is -0.484. The van der Waals surface area contributed by atoms with Crippen molar-refractivity contribution in [1.29, 1.82) is 0 Å². The molecule has 0 radical (unpaired) electrons. The molecule has 1 unspecified atom stereocenters. The fourth-order valence-corrected chi connectivity index (χ4v) is 1.42. The minimum absolute atomic E-state index is 0.249. The lowest BCUT2D eigenvalue weighted by Crippen LogP contribution is -2.51. The molecule has 0 saturated carbocycles. The zero-order chi connectivity index (χ0) is 13.9. The highest BCUT2D eigenvalue weighted by molar-refractivity contribution is 5.85. The van der Waals surface area contributed by atoms with Gasteiger partial charge in [-0.05, 0) is 33.9 Å². The number of amides is 1. The largest absolute Gasteiger partial charge is 0.348 e. The Hall–Kier alpha value is -1.49. The number of carbonyl (C=O) groups is 1. The Bertz CT molecular complexity index is 447. The predicted molar refractivity (Wildman–Crippen MR) is 66.1 cm³/mol. The Labute approximate surface area is 106 Å². The highest BCUT2D eigenvalue weighted by atomic mass is 19.1. The van der Waals surface area contributed by atoms with Crippen LogP contribution in [0.4, 0.5) is 8.78 Å². The number of halogens is 2. The van der Waals surface area contributed by atoms with Crippen molar-refractivity contribution in [2.24, 2.45) is 0 Å². The molecule has 3 nitrogen and oxygen atoms in total. The summed E-state index contributed by atoms with van der Waals surface area (Å²) in [5.74, 6) is -1.54. The van der Waals surface area contributed by atoms with Crippen LogP contribution in [0.15, 0.2) is 18.2 Å². The summed E-state index contributed by atoms with van der Waals surface area (Å²) in [5, 5.41) is 5.54. The van der Waals surface area contributed by atoms with Crippen molar-refractivity contribution in [2.75, 3.05) is 7.05 Å². The van der Waals surface area contributed by atoms with Crippen molar-refractivity contribution in [3.8, 4) is 0 Å². The Morgan fingerprint density at radius 1 is 1.33 bits per heavy atom. The van der Waals surface area contributed by atoms with Crippen LogP contribution in [-0.2, 0) is 4.79 Å². The molecule has 0 aliphatic carbocycles. The summed E-state index contributed by atoms with van der Waals surface area (Å²) in [4.78, 5) is 11.9. The second kappa shape index (κ2) is 5.44. The molecule has 1 aromatic rings. The van der Waals surface area contributed by atoms with E-state index in [0.29, 0.717) is 0 Å². The molecule has 0 aliphatic rings. The number of hydrogen-bond donors (Lipinski definition) is 2. The first kappa shape index (κ1) is 14.6. The highest BCUT2D eigenvalue weighted by Gasteiger charge is 2.27. The van der Waals surface area contributed by atoms with E-state index in [0.717, 1.165) is 6.07 Å². The molecule has 100 valence electrons. The van der Waals surface area contributed by atoms with Crippen molar-refractivity contribution in [2.45, 2.75) is 32.4 Å². The van der Waals surface area contributed by atoms with E-state index in [9.17, 15) is 13.6 Å². The van der Waals surface area contributed by atoms with Crippen LogP contribution in [0.1, 0.15) is 32.4 Å². The topological polar surface area (TPSA) is 41.1 Å². The third-order valence-electron chi connectivity index (χ3n) is 2.97. The first-order valence-corrected chi connectivity index (χ1v) is 5.72. The van der Waals surface area contributed by atoms with Crippen LogP contribution in [0.2, 0.25) is 0 Å². The van der Waals surface area contributed by atoms with E-state index in [1.54, 1.807) is 27.8 Å². The Kier molecular flexibility index (Phi) is 4.40. The molecule has 2 N–H and O–H groups in total. The van der Waals surface area contributed by atoms with Gasteiger partial charge < -0.3 is 10.6 Å². The van der Waals surface area contributed by atoms with E-state index < -0.39 is 23.2 Å². The molecule has 0 fully saturated rings. The first-order valence-electron chi connectivity index (χ1n) is 5.72. The van der Waals surface area contributed by atoms with Crippen molar-refractivity contribution >= 4 is 5.91 Å². The van der Waals surface area contributed by atoms with Gasteiger partial charge in [-0.3, -0.25) is 4.79 Å². The summed E-state index contributed by atoms with van der Waals surface area (Å²) in [6, 6.07) is 2.79. The van der Waals surface area contributed by atoms with E-state index in [1.165, 1.54) is 12.1 Å². The van der Waals surface area contributed by atoms with Gasteiger partial charge in [-0.25, -0.2) is 8.78 Å². The SMILES string of the molecule is CNC(C)(C)C(=O)NC(C)c1ccc(F)cc1F. The Morgan fingerprint density at radius 3 is 2.44 bits per heavy atom. The number of hydrogen-bond acceptors (Lipinski definition) is 2. The van der Waals surface area contributed by atoms with Gasteiger partial charge in [0.25, 0.3) is 0 Å². The number of benzene rings is 1. The summed E-state index contributed by atoms with van der Waals surface area (Å²) in [6.45, 7) is 5.09. The van der Waals surface area contributed by atoms with Crippen LogP contribution in [0.3, 0.4) is 0 Å². The molecule has 1 atom stereocenters. The van der Waals surface area contributed by atoms with Gasteiger partial charge in [-0.1, -0.05) is 6.07 Å². The van der Waals surface area contributed by atoms with Crippen LogP contribution in [-0.4, -0.2) is 18.5 Å². The molecular formula is C13H18F2N2O. The first-order chi connectivity index (χ1) is 8.27. The summed E-state index contributed by atoms with van der Waals surface area (Å²) >= 11 is 0. The maximum Gasteiger partial charge on any atom is 0.240 e. The lowest BCUT2D eigenvalue weighted by atomic mass is 10.0. The fraction of sp³-hybridized carbons (Fsp3) is 0.462. The highest BCUT2D eigenvalue weighted by Crippen LogP contribution is 2.18. The second-order valence-corrected chi connectivity index (χ2v) is 4.74. The Morgan fingerprint density at radius 2 is 1.94 bits per heavy atom.